The summed E-state index contributed by atoms with van der Waals surface area (Å²) in [6.07, 6.45) is 8.80. The fourth-order valence-electron chi connectivity index (χ4n) is 4.77. The molecule has 1 heterocycles. The van der Waals surface area contributed by atoms with Gasteiger partial charge in [-0.1, -0.05) is 32.1 Å². The molecule has 0 aliphatic heterocycles. The minimum Gasteiger partial charge on any atom is -0.480 e. The highest BCUT2D eigenvalue weighted by Gasteiger charge is 2.25. The summed E-state index contributed by atoms with van der Waals surface area (Å²) in [5.41, 5.74) is -0.712. The number of rotatable bonds is 5. The smallest absolute Gasteiger partial charge is 0.332 e. The zero-order chi connectivity index (χ0) is 20.5. The van der Waals surface area contributed by atoms with Crippen LogP contribution in [0.25, 0.3) is 10.9 Å². The second-order valence-corrected chi connectivity index (χ2v) is 8.20. The van der Waals surface area contributed by atoms with E-state index in [4.69, 9.17) is 5.11 Å². The maximum atomic E-state index is 14.8. The molecular formula is C21H26FN3O4. The number of carboxylic acids is 1. The van der Waals surface area contributed by atoms with Crippen LogP contribution in [0, 0.1) is 5.82 Å². The van der Waals surface area contributed by atoms with Gasteiger partial charge in [0.15, 0.2) is 0 Å². The molecule has 4 rings (SSSR count). The zero-order valence-corrected chi connectivity index (χ0v) is 16.3. The summed E-state index contributed by atoms with van der Waals surface area (Å²) in [6, 6.07) is 2.77. The van der Waals surface area contributed by atoms with Gasteiger partial charge in [-0.2, -0.15) is 0 Å². The van der Waals surface area contributed by atoms with Gasteiger partial charge in [0.1, 0.15) is 12.4 Å². The van der Waals surface area contributed by atoms with Crippen molar-refractivity contribution in [1.29, 1.82) is 0 Å². The molecule has 2 N–H and O–H groups in total. The van der Waals surface area contributed by atoms with Crippen molar-refractivity contribution in [2.45, 2.75) is 76.4 Å². The lowest BCUT2D eigenvalue weighted by Gasteiger charge is -2.25. The van der Waals surface area contributed by atoms with Crippen LogP contribution in [-0.2, 0) is 11.3 Å². The number of carbonyl (C=O) groups is 1. The Kier molecular flexibility index (Phi) is 5.43. The largest absolute Gasteiger partial charge is 0.480 e. The van der Waals surface area contributed by atoms with Crippen molar-refractivity contribution >= 4 is 22.6 Å². The fraction of sp³-hybridized carbons (Fsp3) is 0.571. The van der Waals surface area contributed by atoms with E-state index in [1.54, 1.807) is 6.07 Å². The first-order valence-corrected chi connectivity index (χ1v) is 10.4. The first-order valence-electron chi connectivity index (χ1n) is 10.4. The van der Waals surface area contributed by atoms with E-state index in [2.05, 4.69) is 5.32 Å². The highest BCUT2D eigenvalue weighted by molar-refractivity contribution is 5.82. The molecule has 8 heteroatoms. The molecule has 2 fully saturated rings. The van der Waals surface area contributed by atoms with Crippen molar-refractivity contribution in [3.8, 4) is 0 Å². The van der Waals surface area contributed by atoms with E-state index in [1.807, 2.05) is 0 Å². The van der Waals surface area contributed by atoms with Crippen LogP contribution < -0.4 is 16.6 Å². The Bertz CT molecular complexity index is 1050. The highest BCUT2D eigenvalue weighted by Crippen LogP contribution is 2.32. The monoisotopic (exact) mass is 403 g/mol. The Hall–Kier alpha value is -2.64. The second kappa shape index (κ2) is 8.00. The first-order chi connectivity index (χ1) is 14.0. The lowest BCUT2D eigenvalue weighted by molar-refractivity contribution is -0.137. The number of fused-ring (bicyclic) bond motifs is 1. The number of halogens is 1. The lowest BCUT2D eigenvalue weighted by atomic mass is 9.95. The average molecular weight is 403 g/mol. The third-order valence-electron chi connectivity index (χ3n) is 6.21. The number of hydrogen-bond donors (Lipinski definition) is 2. The van der Waals surface area contributed by atoms with E-state index in [0.717, 1.165) is 57.4 Å². The lowest BCUT2D eigenvalue weighted by Crippen LogP contribution is -2.42. The minimum atomic E-state index is -1.28. The molecule has 1 aromatic heterocycles. The van der Waals surface area contributed by atoms with Crippen LogP contribution in [-0.4, -0.2) is 26.3 Å². The van der Waals surface area contributed by atoms with Gasteiger partial charge in [-0.05, 0) is 37.8 Å². The number of aliphatic carboxylic acids is 1. The van der Waals surface area contributed by atoms with Crippen LogP contribution in [0.5, 0.6) is 0 Å². The van der Waals surface area contributed by atoms with Gasteiger partial charge in [0, 0.05) is 12.1 Å². The molecule has 0 amide bonds. The Labute approximate surface area is 167 Å². The Morgan fingerprint density at radius 2 is 1.72 bits per heavy atom. The summed E-state index contributed by atoms with van der Waals surface area (Å²) in [5.74, 6) is -1.84. The zero-order valence-electron chi connectivity index (χ0n) is 16.3. The van der Waals surface area contributed by atoms with Crippen molar-refractivity contribution in [2.24, 2.45) is 0 Å². The van der Waals surface area contributed by atoms with Gasteiger partial charge in [-0.25, -0.2) is 13.8 Å². The molecule has 2 saturated carbocycles. The van der Waals surface area contributed by atoms with Crippen LogP contribution in [0.2, 0.25) is 0 Å². The van der Waals surface area contributed by atoms with Gasteiger partial charge < -0.3 is 10.4 Å². The molecule has 1 aromatic carbocycles. The van der Waals surface area contributed by atoms with Crippen molar-refractivity contribution in [2.75, 3.05) is 5.32 Å². The number of nitrogens with zero attached hydrogens (tertiary/aromatic N) is 2. The molecule has 29 heavy (non-hydrogen) atoms. The summed E-state index contributed by atoms with van der Waals surface area (Å²) >= 11 is 0. The van der Waals surface area contributed by atoms with Crippen LogP contribution in [0.3, 0.4) is 0 Å². The van der Waals surface area contributed by atoms with Crippen molar-refractivity contribution < 1.29 is 14.3 Å². The van der Waals surface area contributed by atoms with Crippen LogP contribution in [0.1, 0.15) is 63.8 Å². The second-order valence-electron chi connectivity index (χ2n) is 8.20. The number of aromatic nitrogens is 2. The van der Waals surface area contributed by atoms with E-state index in [1.165, 1.54) is 11.0 Å². The standard InChI is InChI=1S/C21H26FN3O4/c22-16-10-15-18(11-17(16)23-13-6-2-1-3-7-13)25(14-8-4-5-9-14)21(29)24(20(15)28)12-19(26)27/h10-11,13-14,23H,1-9,12H2,(H,26,27). The minimum absolute atomic E-state index is 0.0458. The molecule has 0 bridgehead atoms. The molecule has 0 saturated heterocycles. The van der Waals surface area contributed by atoms with Crippen molar-refractivity contribution in [3.05, 3.63) is 38.8 Å². The summed E-state index contributed by atoms with van der Waals surface area (Å²) in [5, 5.41) is 12.4. The molecule has 2 aliphatic carbocycles. The number of carboxylic acid groups (broad SMARTS) is 1. The molecule has 0 radical (unpaired) electrons. The maximum absolute atomic E-state index is 14.8. The molecule has 0 atom stereocenters. The molecule has 2 aromatic rings. The van der Waals surface area contributed by atoms with E-state index in [9.17, 15) is 18.8 Å². The number of anilines is 1. The molecular weight excluding hydrogens is 377 g/mol. The van der Waals surface area contributed by atoms with Crippen molar-refractivity contribution in [3.63, 3.8) is 0 Å². The molecule has 0 unspecified atom stereocenters. The summed E-state index contributed by atoms with van der Waals surface area (Å²) < 4.78 is 17.1. The quantitative estimate of drug-likeness (QED) is 0.799. The third kappa shape index (κ3) is 3.80. The normalized spacial score (nSPS) is 18.4. The number of nitrogens with one attached hydrogen (secondary N) is 1. The van der Waals surface area contributed by atoms with Gasteiger partial charge in [-0.15, -0.1) is 0 Å². The predicted molar refractivity (Wildman–Crippen MR) is 108 cm³/mol. The molecule has 2 aliphatic rings. The van der Waals surface area contributed by atoms with Gasteiger partial charge in [0.2, 0.25) is 0 Å². The van der Waals surface area contributed by atoms with Crippen LogP contribution >= 0.6 is 0 Å². The molecule has 156 valence electrons. The SMILES string of the molecule is O=C(O)Cn1c(=O)c2cc(F)c(NC3CCCCC3)cc2n(C2CCCC2)c1=O. The van der Waals surface area contributed by atoms with Crippen molar-refractivity contribution in [1.82, 2.24) is 9.13 Å². The Morgan fingerprint density at radius 3 is 2.38 bits per heavy atom. The average Bonchev–Trinajstić information content (AvgIpc) is 3.22. The van der Waals surface area contributed by atoms with E-state index in [0.29, 0.717) is 15.8 Å². The Balaban J connectivity index is 1.89. The number of benzene rings is 1. The molecule has 0 spiro atoms. The topological polar surface area (TPSA) is 93.3 Å². The van der Waals surface area contributed by atoms with Gasteiger partial charge in [-0.3, -0.25) is 14.2 Å². The van der Waals surface area contributed by atoms with Gasteiger partial charge in [0.05, 0.1) is 16.6 Å². The first kappa shape index (κ1) is 19.7. The fourth-order valence-corrected chi connectivity index (χ4v) is 4.77. The summed E-state index contributed by atoms with van der Waals surface area (Å²) in [7, 11) is 0. The van der Waals surface area contributed by atoms with Crippen LogP contribution in [0.4, 0.5) is 10.1 Å². The summed E-state index contributed by atoms with van der Waals surface area (Å²) in [4.78, 5) is 37.1. The van der Waals surface area contributed by atoms with Gasteiger partial charge in [0.25, 0.3) is 5.56 Å². The third-order valence-corrected chi connectivity index (χ3v) is 6.21. The van der Waals surface area contributed by atoms with E-state index in [-0.39, 0.29) is 17.5 Å². The van der Waals surface area contributed by atoms with Gasteiger partial charge >= 0.3 is 11.7 Å². The highest BCUT2D eigenvalue weighted by atomic mass is 19.1. The number of hydrogen-bond acceptors (Lipinski definition) is 4. The van der Waals surface area contributed by atoms with Crippen LogP contribution in [0.15, 0.2) is 21.7 Å². The molecule has 7 nitrogen and oxygen atoms in total. The van der Waals surface area contributed by atoms with E-state index < -0.39 is 29.6 Å². The summed E-state index contributed by atoms with van der Waals surface area (Å²) in [6.45, 7) is -0.732. The Morgan fingerprint density at radius 1 is 1.07 bits per heavy atom. The maximum Gasteiger partial charge on any atom is 0.332 e. The van der Waals surface area contributed by atoms with E-state index >= 15 is 0 Å². The predicted octanol–water partition coefficient (Wildman–Crippen LogP) is 3.25.